The van der Waals surface area contributed by atoms with E-state index in [0.29, 0.717) is 12.2 Å². The first-order valence-corrected chi connectivity index (χ1v) is 5.62. The van der Waals surface area contributed by atoms with Crippen LogP contribution in [0.25, 0.3) is 0 Å². The molecule has 1 aromatic carbocycles. The standard InChI is InChI=1S/C9H7NO4S/c11-6-10-15(12,13)9-3-1-2-7-4-14-5-8(7)9/h1-3H,4-5H2. The van der Waals surface area contributed by atoms with E-state index in [-0.39, 0.29) is 11.5 Å². The van der Waals surface area contributed by atoms with E-state index in [0.717, 1.165) is 11.6 Å². The van der Waals surface area contributed by atoms with Crippen LogP contribution in [0.3, 0.4) is 0 Å². The highest BCUT2D eigenvalue weighted by molar-refractivity contribution is 7.90. The minimum Gasteiger partial charge on any atom is -0.372 e. The third kappa shape index (κ3) is 1.70. The molecule has 0 bridgehead atoms. The topological polar surface area (TPSA) is 72.8 Å². The van der Waals surface area contributed by atoms with Gasteiger partial charge >= 0.3 is 0 Å². The van der Waals surface area contributed by atoms with Crippen LogP contribution in [0.15, 0.2) is 27.5 Å². The van der Waals surface area contributed by atoms with Crippen LogP contribution < -0.4 is 0 Å². The van der Waals surface area contributed by atoms with Crippen molar-refractivity contribution in [3.8, 4) is 0 Å². The van der Waals surface area contributed by atoms with Crippen molar-refractivity contribution in [2.45, 2.75) is 18.1 Å². The fraction of sp³-hybridized carbons (Fsp3) is 0.222. The van der Waals surface area contributed by atoms with Gasteiger partial charge in [-0.2, -0.15) is 8.42 Å². The molecule has 1 aromatic rings. The lowest BCUT2D eigenvalue weighted by Crippen LogP contribution is -2.01. The minimum absolute atomic E-state index is 0.0286. The Morgan fingerprint density at radius 3 is 2.87 bits per heavy atom. The molecule has 2 rings (SSSR count). The molecule has 78 valence electrons. The van der Waals surface area contributed by atoms with Crippen molar-refractivity contribution in [1.82, 2.24) is 0 Å². The minimum atomic E-state index is -3.91. The monoisotopic (exact) mass is 225 g/mol. The van der Waals surface area contributed by atoms with Crippen LogP contribution in [0.4, 0.5) is 0 Å². The highest BCUT2D eigenvalue weighted by Gasteiger charge is 2.23. The zero-order valence-electron chi connectivity index (χ0n) is 7.63. The molecule has 1 heterocycles. The van der Waals surface area contributed by atoms with E-state index in [1.54, 1.807) is 12.1 Å². The molecule has 5 nitrogen and oxygen atoms in total. The summed E-state index contributed by atoms with van der Waals surface area (Å²) in [5.74, 6) is 0. The van der Waals surface area contributed by atoms with Crippen molar-refractivity contribution in [1.29, 1.82) is 0 Å². The summed E-state index contributed by atoms with van der Waals surface area (Å²) in [6, 6.07) is 4.79. The number of hydrogen-bond acceptors (Lipinski definition) is 4. The number of rotatable bonds is 2. The van der Waals surface area contributed by atoms with Gasteiger partial charge in [0.2, 0.25) is 0 Å². The second-order valence-corrected chi connectivity index (χ2v) is 4.62. The molecular weight excluding hydrogens is 218 g/mol. The van der Waals surface area contributed by atoms with Gasteiger partial charge in [0.05, 0.1) is 18.1 Å². The van der Waals surface area contributed by atoms with Crippen LogP contribution in [0.5, 0.6) is 0 Å². The highest BCUT2D eigenvalue weighted by atomic mass is 32.2. The molecule has 0 saturated heterocycles. The number of nitrogens with zero attached hydrogens (tertiary/aromatic N) is 1. The predicted molar refractivity (Wildman–Crippen MR) is 50.2 cm³/mol. The molecule has 0 aliphatic carbocycles. The molecule has 0 spiro atoms. The second kappa shape index (κ2) is 3.58. The lowest BCUT2D eigenvalue weighted by atomic mass is 10.1. The van der Waals surface area contributed by atoms with Crippen LogP contribution in [0.1, 0.15) is 11.1 Å². The molecule has 1 aliphatic rings. The Morgan fingerprint density at radius 2 is 2.13 bits per heavy atom. The molecule has 15 heavy (non-hydrogen) atoms. The van der Waals surface area contributed by atoms with Crippen molar-refractivity contribution in [2.75, 3.05) is 0 Å². The van der Waals surface area contributed by atoms with E-state index in [2.05, 4.69) is 4.40 Å². The first-order chi connectivity index (χ1) is 7.15. The summed E-state index contributed by atoms with van der Waals surface area (Å²) in [5, 5.41) is 0. The molecule has 0 atom stereocenters. The summed E-state index contributed by atoms with van der Waals surface area (Å²) in [5.41, 5.74) is 1.40. The molecule has 0 aromatic heterocycles. The third-order valence-corrected chi connectivity index (χ3v) is 3.42. The van der Waals surface area contributed by atoms with E-state index in [1.807, 2.05) is 0 Å². The van der Waals surface area contributed by atoms with E-state index in [4.69, 9.17) is 4.74 Å². The molecule has 0 fully saturated rings. The van der Waals surface area contributed by atoms with Crippen LogP contribution in [-0.2, 0) is 32.8 Å². The summed E-state index contributed by atoms with van der Waals surface area (Å²) < 4.78 is 31.0. The number of ether oxygens (including phenoxy) is 1. The average molecular weight is 225 g/mol. The molecule has 0 unspecified atom stereocenters. The smallest absolute Gasteiger partial charge is 0.293 e. The van der Waals surface area contributed by atoms with E-state index in [1.165, 1.54) is 6.07 Å². The summed E-state index contributed by atoms with van der Waals surface area (Å²) in [4.78, 5) is 10.0. The summed E-state index contributed by atoms with van der Waals surface area (Å²) in [7, 11) is -3.91. The number of carbonyl (C=O) groups excluding carboxylic acids is 1. The molecule has 0 amide bonds. The largest absolute Gasteiger partial charge is 0.372 e. The van der Waals surface area contributed by atoms with Crippen LogP contribution in [0.2, 0.25) is 0 Å². The van der Waals surface area contributed by atoms with Crippen molar-refractivity contribution >= 4 is 16.1 Å². The SMILES string of the molecule is O=C=NS(=O)(=O)c1cccc2c1COC2. The zero-order valence-corrected chi connectivity index (χ0v) is 8.45. The number of isocyanates is 1. The van der Waals surface area contributed by atoms with Gasteiger partial charge in [0.1, 0.15) is 0 Å². The maximum absolute atomic E-state index is 11.5. The summed E-state index contributed by atoms with van der Waals surface area (Å²) in [6.45, 7) is 0.628. The van der Waals surface area contributed by atoms with Gasteiger partial charge in [-0.15, -0.1) is 0 Å². The maximum atomic E-state index is 11.5. The average Bonchev–Trinajstić information content (AvgIpc) is 2.64. The van der Waals surface area contributed by atoms with Crippen molar-refractivity contribution in [3.63, 3.8) is 0 Å². The number of hydrogen-bond donors (Lipinski definition) is 0. The summed E-state index contributed by atoms with van der Waals surface area (Å²) in [6.07, 6.45) is 1.04. The van der Waals surface area contributed by atoms with Crippen molar-refractivity contribution in [3.05, 3.63) is 29.3 Å². The summed E-state index contributed by atoms with van der Waals surface area (Å²) >= 11 is 0. The first kappa shape index (κ1) is 10.0. The van der Waals surface area contributed by atoms with Gasteiger partial charge < -0.3 is 4.74 Å². The Morgan fingerprint density at radius 1 is 1.33 bits per heavy atom. The normalized spacial score (nSPS) is 14.4. The van der Waals surface area contributed by atoms with E-state index < -0.39 is 10.0 Å². The number of sulfonamides is 1. The fourth-order valence-corrected chi connectivity index (χ4v) is 2.46. The van der Waals surface area contributed by atoms with Crippen molar-refractivity contribution < 1.29 is 17.9 Å². The molecule has 6 heteroatoms. The third-order valence-electron chi connectivity index (χ3n) is 2.17. The maximum Gasteiger partial charge on any atom is 0.293 e. The molecule has 1 aliphatic heterocycles. The number of benzene rings is 1. The van der Waals surface area contributed by atoms with E-state index in [9.17, 15) is 13.2 Å². The zero-order chi connectivity index (χ0) is 10.9. The van der Waals surface area contributed by atoms with Crippen molar-refractivity contribution in [2.24, 2.45) is 4.40 Å². The van der Waals surface area contributed by atoms with Gasteiger partial charge in [-0.3, -0.25) is 0 Å². The predicted octanol–water partition coefficient (Wildman–Crippen LogP) is 0.741. The van der Waals surface area contributed by atoms with Gasteiger partial charge in [0, 0.05) is 5.56 Å². The Bertz CT molecular complexity index is 543. The Kier molecular flexibility index (Phi) is 2.40. The van der Waals surface area contributed by atoms with Gasteiger partial charge in [-0.25, -0.2) is 4.79 Å². The second-order valence-electron chi connectivity index (χ2n) is 3.04. The van der Waals surface area contributed by atoms with Crippen LogP contribution >= 0.6 is 0 Å². The molecular formula is C9H7NO4S. The van der Waals surface area contributed by atoms with Crippen LogP contribution in [-0.4, -0.2) is 14.5 Å². The van der Waals surface area contributed by atoms with Gasteiger partial charge in [-0.05, 0) is 11.6 Å². The Labute approximate surface area is 86.5 Å². The Balaban J connectivity index is 2.65. The first-order valence-electron chi connectivity index (χ1n) is 4.18. The van der Waals surface area contributed by atoms with Crippen LogP contribution in [0, 0.1) is 0 Å². The molecule has 0 radical (unpaired) electrons. The highest BCUT2D eigenvalue weighted by Crippen LogP contribution is 2.27. The molecule has 0 saturated carbocycles. The molecule has 0 N–H and O–H groups in total. The number of fused-ring (bicyclic) bond motifs is 1. The Hall–Kier alpha value is -1.49. The van der Waals surface area contributed by atoms with Gasteiger partial charge in [-0.1, -0.05) is 16.5 Å². The fourth-order valence-electron chi connectivity index (χ4n) is 1.51. The lowest BCUT2D eigenvalue weighted by molar-refractivity contribution is 0.133. The van der Waals surface area contributed by atoms with E-state index >= 15 is 0 Å². The van der Waals surface area contributed by atoms with Gasteiger partial charge in [0.15, 0.2) is 0 Å². The van der Waals surface area contributed by atoms with Gasteiger partial charge in [0.25, 0.3) is 16.1 Å². The quantitative estimate of drug-likeness (QED) is 0.549. The lowest BCUT2D eigenvalue weighted by Gasteiger charge is -2.02.